The van der Waals surface area contributed by atoms with E-state index in [2.05, 4.69) is 15.8 Å². The SMILES string of the molecule is Cc1csc([C@H]2CCCN2C(=O)c2cc(C(=O)NNC(=O)C(C)(C)Cc3ccccc3)cc(=O)n2C)n1. The van der Waals surface area contributed by atoms with Crippen molar-refractivity contribution in [3.63, 3.8) is 0 Å². The standard InChI is InChI=1S/C27H31N5O4S/c1-17-16-37-24(28-17)20-11-8-12-32(20)25(35)21-13-19(14-22(33)31(21)4)23(34)29-30-26(36)27(2,3)15-18-9-6-5-7-10-18/h5-7,9-10,13-14,16,20H,8,11-12,15H2,1-4H3,(H,29,34)(H,30,36)/t20-/m1/s1. The van der Waals surface area contributed by atoms with Crippen molar-refractivity contribution in [3.05, 3.63) is 85.7 Å². The molecule has 9 nitrogen and oxygen atoms in total. The van der Waals surface area contributed by atoms with Crippen LogP contribution >= 0.6 is 11.3 Å². The molecule has 2 N–H and O–H groups in total. The number of rotatable bonds is 6. The molecule has 3 amide bonds. The minimum atomic E-state index is -0.790. The van der Waals surface area contributed by atoms with Crippen molar-refractivity contribution in [1.29, 1.82) is 0 Å². The van der Waals surface area contributed by atoms with E-state index in [1.165, 1.54) is 29.0 Å². The lowest BCUT2D eigenvalue weighted by atomic mass is 9.85. The zero-order chi connectivity index (χ0) is 26.7. The van der Waals surface area contributed by atoms with E-state index in [1.807, 2.05) is 42.6 Å². The number of amides is 3. The fourth-order valence-electron chi connectivity index (χ4n) is 4.45. The molecule has 0 bridgehead atoms. The highest BCUT2D eigenvalue weighted by Gasteiger charge is 2.34. The molecule has 1 fully saturated rings. The van der Waals surface area contributed by atoms with Gasteiger partial charge in [0.15, 0.2) is 0 Å². The maximum absolute atomic E-state index is 13.5. The minimum absolute atomic E-state index is 0.00606. The Bertz CT molecular complexity index is 1380. The molecule has 4 rings (SSSR count). The van der Waals surface area contributed by atoms with Crippen molar-refractivity contribution < 1.29 is 14.4 Å². The van der Waals surface area contributed by atoms with Crippen LogP contribution in [0.5, 0.6) is 0 Å². The summed E-state index contributed by atoms with van der Waals surface area (Å²) in [6, 6.07) is 12.0. The Kier molecular flexibility index (Phi) is 7.58. The van der Waals surface area contributed by atoms with Gasteiger partial charge < -0.3 is 9.47 Å². The first-order valence-corrected chi connectivity index (χ1v) is 13.0. The van der Waals surface area contributed by atoms with Crippen LogP contribution in [-0.4, -0.2) is 38.7 Å². The number of aryl methyl sites for hydroxylation is 1. The number of carbonyl (C=O) groups excluding carboxylic acids is 3. The Hall–Kier alpha value is -3.79. The van der Waals surface area contributed by atoms with Crippen molar-refractivity contribution in [2.24, 2.45) is 12.5 Å². The summed E-state index contributed by atoms with van der Waals surface area (Å²) in [5.41, 5.74) is 5.57. The molecule has 1 aliphatic heterocycles. The summed E-state index contributed by atoms with van der Waals surface area (Å²) >= 11 is 1.51. The highest BCUT2D eigenvalue weighted by atomic mass is 32.1. The predicted molar refractivity (Wildman–Crippen MR) is 141 cm³/mol. The van der Waals surface area contributed by atoms with Crippen LogP contribution < -0.4 is 16.4 Å². The molecule has 0 radical (unpaired) electrons. The van der Waals surface area contributed by atoms with Gasteiger partial charge in [0.1, 0.15) is 10.7 Å². The molecule has 0 saturated carbocycles. The monoisotopic (exact) mass is 521 g/mol. The third kappa shape index (κ3) is 5.80. The maximum atomic E-state index is 13.5. The fraction of sp³-hybridized carbons (Fsp3) is 0.370. The lowest BCUT2D eigenvalue weighted by molar-refractivity contribution is -0.130. The van der Waals surface area contributed by atoms with Crippen molar-refractivity contribution in [1.82, 2.24) is 25.3 Å². The number of aromatic nitrogens is 2. The van der Waals surface area contributed by atoms with Crippen LogP contribution in [0.25, 0.3) is 0 Å². The van der Waals surface area contributed by atoms with E-state index in [4.69, 9.17) is 0 Å². The van der Waals surface area contributed by atoms with Gasteiger partial charge in [-0.1, -0.05) is 44.2 Å². The third-order valence-electron chi connectivity index (χ3n) is 6.57. The summed E-state index contributed by atoms with van der Waals surface area (Å²) in [7, 11) is 1.50. The second-order valence-corrected chi connectivity index (χ2v) is 10.9. The van der Waals surface area contributed by atoms with Gasteiger partial charge in [-0.25, -0.2) is 4.98 Å². The van der Waals surface area contributed by atoms with Crippen LogP contribution in [0.3, 0.4) is 0 Å². The van der Waals surface area contributed by atoms with Crippen LogP contribution in [0.2, 0.25) is 0 Å². The van der Waals surface area contributed by atoms with Crippen LogP contribution in [0.15, 0.2) is 52.6 Å². The molecule has 2 aromatic heterocycles. The van der Waals surface area contributed by atoms with Crippen molar-refractivity contribution in [2.75, 3.05) is 6.54 Å². The molecule has 3 heterocycles. The highest BCUT2D eigenvalue weighted by Crippen LogP contribution is 2.34. The summed E-state index contributed by atoms with van der Waals surface area (Å²) in [5, 5.41) is 2.81. The number of nitrogens with zero attached hydrogens (tertiary/aromatic N) is 3. The second-order valence-electron chi connectivity index (χ2n) is 9.96. The van der Waals surface area contributed by atoms with Gasteiger partial charge in [-0.05, 0) is 37.8 Å². The predicted octanol–water partition coefficient (Wildman–Crippen LogP) is 3.16. The molecule has 37 heavy (non-hydrogen) atoms. The zero-order valence-electron chi connectivity index (χ0n) is 21.4. The molecule has 3 aromatic rings. The van der Waals surface area contributed by atoms with Crippen LogP contribution in [0.4, 0.5) is 0 Å². The first-order valence-electron chi connectivity index (χ1n) is 12.2. The Morgan fingerprint density at radius 3 is 2.54 bits per heavy atom. The summed E-state index contributed by atoms with van der Waals surface area (Å²) in [6.45, 7) is 6.02. The van der Waals surface area contributed by atoms with Crippen molar-refractivity contribution >= 4 is 29.1 Å². The average Bonchev–Trinajstić information content (AvgIpc) is 3.52. The number of pyridine rings is 1. The molecule has 1 aliphatic rings. The molecule has 194 valence electrons. The largest absolute Gasteiger partial charge is 0.328 e. The summed E-state index contributed by atoms with van der Waals surface area (Å²) in [5.74, 6) is -1.38. The van der Waals surface area contributed by atoms with Crippen molar-refractivity contribution in [3.8, 4) is 0 Å². The molecule has 10 heteroatoms. The lowest BCUT2D eigenvalue weighted by Crippen LogP contribution is -2.48. The maximum Gasteiger partial charge on any atom is 0.271 e. The summed E-state index contributed by atoms with van der Waals surface area (Å²) in [6.07, 6.45) is 2.10. The Balaban J connectivity index is 1.48. The number of hydrogen-bond donors (Lipinski definition) is 2. The highest BCUT2D eigenvalue weighted by molar-refractivity contribution is 7.09. The quantitative estimate of drug-likeness (QED) is 0.484. The fourth-order valence-corrected chi connectivity index (χ4v) is 5.39. The topological polar surface area (TPSA) is 113 Å². The number of benzene rings is 1. The number of carbonyl (C=O) groups is 3. The van der Waals surface area contributed by atoms with Crippen LogP contribution in [0, 0.1) is 12.3 Å². The van der Waals surface area contributed by atoms with E-state index in [-0.39, 0.29) is 29.1 Å². The van der Waals surface area contributed by atoms with E-state index >= 15 is 0 Å². The van der Waals surface area contributed by atoms with E-state index in [0.717, 1.165) is 35.2 Å². The molecular weight excluding hydrogens is 490 g/mol. The van der Waals surface area contributed by atoms with Gasteiger partial charge in [0.05, 0.1) is 6.04 Å². The normalized spacial score (nSPS) is 15.5. The summed E-state index contributed by atoms with van der Waals surface area (Å²) < 4.78 is 1.24. The van der Waals surface area contributed by atoms with Crippen LogP contribution in [0.1, 0.15) is 69.8 Å². The Morgan fingerprint density at radius 2 is 1.86 bits per heavy atom. The van der Waals surface area contributed by atoms with Gasteiger partial charge in [0, 0.05) is 41.7 Å². The van der Waals surface area contributed by atoms with Gasteiger partial charge in [-0.3, -0.25) is 30.0 Å². The molecule has 1 aromatic carbocycles. The van der Waals surface area contributed by atoms with Gasteiger partial charge in [-0.15, -0.1) is 11.3 Å². The summed E-state index contributed by atoms with van der Waals surface area (Å²) in [4.78, 5) is 58.1. The second kappa shape index (κ2) is 10.7. The van der Waals surface area contributed by atoms with E-state index < -0.39 is 16.9 Å². The van der Waals surface area contributed by atoms with E-state index in [0.29, 0.717) is 13.0 Å². The zero-order valence-corrected chi connectivity index (χ0v) is 22.2. The number of thiazole rings is 1. The first kappa shape index (κ1) is 26.3. The average molecular weight is 522 g/mol. The number of hydrazine groups is 1. The smallest absolute Gasteiger partial charge is 0.271 e. The molecule has 0 aliphatic carbocycles. The molecule has 0 spiro atoms. The molecule has 0 unspecified atom stereocenters. The van der Waals surface area contributed by atoms with Gasteiger partial charge in [-0.2, -0.15) is 0 Å². The minimum Gasteiger partial charge on any atom is -0.328 e. The number of likely N-dealkylation sites (tertiary alicyclic amines) is 1. The van der Waals surface area contributed by atoms with Gasteiger partial charge >= 0.3 is 0 Å². The third-order valence-corrected chi connectivity index (χ3v) is 7.64. The molecule has 1 atom stereocenters. The Morgan fingerprint density at radius 1 is 1.14 bits per heavy atom. The van der Waals surface area contributed by atoms with Gasteiger partial charge in [0.25, 0.3) is 17.4 Å². The van der Waals surface area contributed by atoms with Crippen molar-refractivity contribution in [2.45, 2.75) is 46.1 Å². The molecular formula is C27H31N5O4S. The van der Waals surface area contributed by atoms with Crippen LogP contribution in [-0.2, 0) is 18.3 Å². The van der Waals surface area contributed by atoms with E-state index in [1.54, 1.807) is 18.7 Å². The van der Waals surface area contributed by atoms with Gasteiger partial charge in [0.2, 0.25) is 5.91 Å². The lowest BCUT2D eigenvalue weighted by Gasteiger charge is -2.25. The van der Waals surface area contributed by atoms with E-state index in [9.17, 15) is 19.2 Å². The number of hydrogen-bond acceptors (Lipinski definition) is 6. The number of nitrogens with one attached hydrogen (secondary N) is 2. The first-order chi connectivity index (χ1) is 17.6. The molecule has 1 saturated heterocycles. The Labute approximate surface area is 219 Å².